The van der Waals surface area contributed by atoms with Crippen LogP contribution in [-0.2, 0) is 36.7 Å². The quantitative estimate of drug-likeness (QED) is 0.116. The second kappa shape index (κ2) is 17.2. The molecule has 3 atom stereocenters. The van der Waals surface area contributed by atoms with Gasteiger partial charge in [-0.1, -0.05) is 19.9 Å². The van der Waals surface area contributed by atoms with E-state index in [4.69, 9.17) is 33.3 Å². The summed E-state index contributed by atoms with van der Waals surface area (Å²) in [4.78, 5) is 29.5. The normalized spacial score (nSPS) is 22.8. The molecule has 14 heteroatoms. The summed E-state index contributed by atoms with van der Waals surface area (Å²) in [6.45, 7) is 19.3. The third-order valence-corrected chi connectivity index (χ3v) is 14.0. The molecule has 4 aliphatic heterocycles. The highest BCUT2D eigenvalue weighted by Gasteiger charge is 2.52. The summed E-state index contributed by atoms with van der Waals surface area (Å²) in [7, 11) is 1.73. The molecule has 1 aromatic carbocycles. The Morgan fingerprint density at radius 2 is 1.85 bits per heavy atom. The van der Waals surface area contributed by atoms with Gasteiger partial charge in [0.1, 0.15) is 12.0 Å². The number of anilines is 1. The van der Waals surface area contributed by atoms with E-state index >= 15 is 0 Å². The Hall–Kier alpha value is -3.89. The number of carboxylic acids is 1. The number of aliphatic hydroxyl groups excluding tert-OH is 1. The van der Waals surface area contributed by atoms with Gasteiger partial charge in [0.15, 0.2) is 0 Å². The number of nitrogens with zero attached hydrogens (tertiary/aromatic N) is 6. The molecule has 5 aliphatic rings. The minimum absolute atomic E-state index is 0.00780. The second-order valence-electron chi connectivity index (χ2n) is 20.1. The van der Waals surface area contributed by atoms with Gasteiger partial charge < -0.3 is 43.0 Å². The van der Waals surface area contributed by atoms with Crippen molar-refractivity contribution in [3.05, 3.63) is 53.9 Å². The number of carboxylic acid groups (broad SMARTS) is 1. The largest absolute Gasteiger partial charge is 0.481 e. The summed E-state index contributed by atoms with van der Waals surface area (Å²) < 4.78 is 32.7. The van der Waals surface area contributed by atoms with E-state index in [1.54, 1.807) is 13.4 Å². The van der Waals surface area contributed by atoms with Crippen molar-refractivity contribution in [1.29, 1.82) is 0 Å². The summed E-state index contributed by atoms with van der Waals surface area (Å²) in [6, 6.07) is 9.02. The zero-order valence-corrected chi connectivity index (χ0v) is 37.5. The molecule has 336 valence electrons. The zero-order chi connectivity index (χ0) is 43.4. The van der Waals surface area contributed by atoms with E-state index in [1.807, 2.05) is 6.20 Å². The molecule has 4 saturated heterocycles. The monoisotopic (exact) mass is 854 g/mol. The first-order chi connectivity index (χ1) is 29.7. The Balaban J connectivity index is 1.14. The number of benzene rings is 1. The number of methoxy groups -OCH3 is 1. The molecule has 3 aromatic heterocycles. The van der Waals surface area contributed by atoms with Crippen LogP contribution < -0.4 is 4.90 Å². The zero-order valence-electron chi connectivity index (χ0n) is 37.5. The number of aliphatic hydroxyl groups is 1. The number of rotatable bonds is 17. The second-order valence-corrected chi connectivity index (χ2v) is 20.1. The van der Waals surface area contributed by atoms with Crippen LogP contribution in [-0.4, -0.2) is 138 Å². The number of oxazole rings is 1. The van der Waals surface area contributed by atoms with Crippen LogP contribution in [0.2, 0.25) is 0 Å². The lowest BCUT2D eigenvalue weighted by Crippen LogP contribution is -2.66. The molecule has 0 bridgehead atoms. The number of pyridine rings is 1. The van der Waals surface area contributed by atoms with Crippen molar-refractivity contribution in [1.82, 2.24) is 24.3 Å². The number of ether oxygens (including phenoxy) is 4. The molecule has 1 aliphatic carbocycles. The highest BCUT2D eigenvalue weighted by atomic mass is 16.5. The van der Waals surface area contributed by atoms with Crippen molar-refractivity contribution in [3.63, 3.8) is 0 Å². The van der Waals surface area contributed by atoms with Gasteiger partial charge in [0.25, 0.3) is 0 Å². The van der Waals surface area contributed by atoms with Crippen LogP contribution >= 0.6 is 0 Å². The fourth-order valence-corrected chi connectivity index (χ4v) is 10.2. The van der Waals surface area contributed by atoms with Crippen molar-refractivity contribution in [2.24, 2.45) is 10.8 Å². The Morgan fingerprint density at radius 1 is 1.08 bits per heavy atom. The average molecular weight is 855 g/mol. The molecule has 9 rings (SSSR count). The van der Waals surface area contributed by atoms with Crippen LogP contribution in [0.5, 0.6) is 0 Å². The summed E-state index contributed by atoms with van der Waals surface area (Å²) in [5.74, 6) is -0.484. The standard InChI is InChI=1S/C48H66N6O8/c1-31(58-6)43-37(20-34(24-49-43)52-14-12-51(13-15-52)33-8-9-33)44-38(23-46(2,3)28-55)36-19-32(7-10-40(36)54(44)16-18-60-35-11-17-62-47(4,5)22-35)39-25-61-45(50-39)41(21-42(56)57)53-26-48(27-53)29-59-30-48/h7,10,19-20,24-25,31,33,35,41,55H,8-9,11-18,21-23,26-30H2,1-6H3,(H,56,57)/t31-,35-,41?/m0/s1. The van der Waals surface area contributed by atoms with Crippen molar-refractivity contribution in [2.45, 2.75) is 110 Å². The first-order valence-corrected chi connectivity index (χ1v) is 22.8. The van der Waals surface area contributed by atoms with Gasteiger partial charge in [0.05, 0.1) is 73.4 Å². The van der Waals surface area contributed by atoms with Gasteiger partial charge in [0, 0.05) is 106 Å². The molecule has 1 saturated carbocycles. The van der Waals surface area contributed by atoms with Gasteiger partial charge in [-0.2, -0.15) is 0 Å². The Labute approximate surface area is 365 Å². The fourth-order valence-electron chi connectivity index (χ4n) is 10.2. The topological polar surface area (TPSA) is 148 Å². The minimum atomic E-state index is -0.891. The minimum Gasteiger partial charge on any atom is -0.481 e. The van der Waals surface area contributed by atoms with Gasteiger partial charge in [-0.05, 0) is 75.6 Å². The van der Waals surface area contributed by atoms with Crippen molar-refractivity contribution >= 4 is 22.6 Å². The fraction of sp³-hybridized carbons (Fsp3) is 0.646. The molecular weight excluding hydrogens is 789 g/mol. The third kappa shape index (κ3) is 8.93. The Kier molecular flexibility index (Phi) is 12.1. The number of hydrogen-bond donors (Lipinski definition) is 2. The lowest BCUT2D eigenvalue weighted by molar-refractivity contribution is -0.202. The summed E-state index contributed by atoms with van der Waals surface area (Å²) >= 11 is 0. The molecule has 0 radical (unpaired) electrons. The van der Waals surface area contributed by atoms with E-state index in [9.17, 15) is 15.0 Å². The molecule has 14 nitrogen and oxygen atoms in total. The Bertz CT molecular complexity index is 2230. The van der Waals surface area contributed by atoms with E-state index in [0.717, 1.165) is 103 Å². The maximum Gasteiger partial charge on any atom is 0.305 e. The third-order valence-electron chi connectivity index (χ3n) is 14.0. The van der Waals surface area contributed by atoms with Gasteiger partial charge in [-0.3, -0.25) is 19.6 Å². The number of hydrogen-bond acceptors (Lipinski definition) is 12. The molecular formula is C48H66N6O8. The van der Waals surface area contributed by atoms with Crippen LogP contribution in [0.25, 0.3) is 33.4 Å². The lowest BCUT2D eigenvalue weighted by Gasteiger charge is -2.56. The van der Waals surface area contributed by atoms with Crippen molar-refractivity contribution < 1.29 is 38.4 Å². The predicted molar refractivity (Wildman–Crippen MR) is 236 cm³/mol. The van der Waals surface area contributed by atoms with E-state index < -0.39 is 17.4 Å². The number of piperazine rings is 1. The molecule has 7 heterocycles. The summed E-state index contributed by atoms with van der Waals surface area (Å²) in [5, 5.41) is 21.8. The van der Waals surface area contributed by atoms with Crippen molar-refractivity contribution in [2.75, 3.05) is 84.3 Å². The number of aliphatic carboxylic acids is 1. The van der Waals surface area contributed by atoms with Crippen LogP contribution in [0.3, 0.4) is 0 Å². The molecule has 62 heavy (non-hydrogen) atoms. The van der Waals surface area contributed by atoms with E-state index in [2.05, 4.69) is 78.2 Å². The highest BCUT2D eigenvalue weighted by Crippen LogP contribution is 2.45. The smallest absolute Gasteiger partial charge is 0.305 e. The molecule has 1 spiro atoms. The van der Waals surface area contributed by atoms with Gasteiger partial charge in [-0.15, -0.1) is 0 Å². The van der Waals surface area contributed by atoms with Gasteiger partial charge >= 0.3 is 5.97 Å². The van der Waals surface area contributed by atoms with Crippen LogP contribution in [0, 0.1) is 10.8 Å². The van der Waals surface area contributed by atoms with E-state index in [0.29, 0.717) is 51.0 Å². The molecule has 5 fully saturated rings. The number of carbonyl (C=O) groups is 1. The average Bonchev–Trinajstić information content (AvgIpc) is 3.88. The van der Waals surface area contributed by atoms with E-state index in [1.165, 1.54) is 12.8 Å². The maximum atomic E-state index is 12.1. The van der Waals surface area contributed by atoms with Gasteiger partial charge in [-0.25, -0.2) is 4.98 Å². The SMILES string of the molecule is CO[C@@H](C)c1ncc(N2CCN(C3CC3)CC2)cc1-c1c(CC(C)(C)CO)c2cc(-c3coc(C(CC(=O)O)N4CC5(COC5)C4)n3)ccc2n1CCO[C@H]1CCOC(C)(C)C1. The van der Waals surface area contributed by atoms with Gasteiger partial charge in [0.2, 0.25) is 5.89 Å². The number of aromatic nitrogens is 3. The lowest BCUT2D eigenvalue weighted by atomic mass is 9.77. The van der Waals surface area contributed by atoms with Crippen molar-refractivity contribution in [3.8, 4) is 22.5 Å². The van der Waals surface area contributed by atoms with Crippen LogP contribution in [0.15, 0.2) is 41.1 Å². The highest BCUT2D eigenvalue weighted by molar-refractivity contribution is 5.95. The summed E-state index contributed by atoms with van der Waals surface area (Å²) in [6.07, 6.45) is 8.29. The molecule has 0 amide bonds. The first-order valence-electron chi connectivity index (χ1n) is 22.8. The number of likely N-dealkylation sites (tertiary alicyclic amines) is 1. The number of fused-ring (bicyclic) bond motifs is 1. The summed E-state index contributed by atoms with van der Waals surface area (Å²) in [5.41, 5.74) is 7.13. The van der Waals surface area contributed by atoms with Crippen LogP contribution in [0.4, 0.5) is 5.69 Å². The Morgan fingerprint density at radius 3 is 2.52 bits per heavy atom. The predicted octanol–water partition coefficient (Wildman–Crippen LogP) is 6.73. The molecule has 1 unspecified atom stereocenters. The molecule has 2 N–H and O–H groups in total. The maximum absolute atomic E-state index is 12.1. The van der Waals surface area contributed by atoms with Crippen LogP contribution in [0.1, 0.15) is 96.0 Å². The first kappa shape index (κ1) is 43.4. The molecule has 4 aromatic rings. The van der Waals surface area contributed by atoms with E-state index in [-0.39, 0.29) is 36.3 Å².